The average molecular weight is 320 g/mol. The third-order valence-electron chi connectivity index (χ3n) is 2.38. The van der Waals surface area contributed by atoms with Gasteiger partial charge in [0.05, 0.1) is 17.4 Å². The second-order valence-electron chi connectivity index (χ2n) is 3.99. The molecular weight excluding hydrogens is 308 g/mol. The number of carbonyl (C=O) groups is 1. The van der Waals surface area contributed by atoms with Crippen LogP contribution in [-0.2, 0) is 14.9 Å². The van der Waals surface area contributed by atoms with Crippen molar-refractivity contribution in [2.75, 3.05) is 11.9 Å². The summed E-state index contributed by atoms with van der Waals surface area (Å²) < 4.78 is 30.9. The minimum Gasteiger partial charge on any atom is -0.389 e. The highest BCUT2D eigenvalue weighted by Crippen LogP contribution is 2.15. The van der Waals surface area contributed by atoms with Gasteiger partial charge in [0.15, 0.2) is 0 Å². The van der Waals surface area contributed by atoms with Crippen molar-refractivity contribution in [2.45, 2.75) is 11.3 Å². The smallest absolute Gasteiger partial charge is 0.294 e. The number of benzene rings is 1. The van der Waals surface area contributed by atoms with Crippen LogP contribution in [0.15, 0.2) is 40.9 Å². The summed E-state index contributed by atoms with van der Waals surface area (Å²) in [4.78, 5) is 11.5. The molecule has 0 aliphatic carbocycles. The molecule has 114 valence electrons. The number of nitrogens with zero attached hydrogens (tertiary/aromatic N) is 2. The molecule has 0 saturated carbocycles. The monoisotopic (exact) mass is 320 g/mol. The molecule has 8 nitrogen and oxygen atoms in total. The van der Waals surface area contributed by atoms with E-state index >= 15 is 0 Å². The minimum atomic E-state index is -4.38. The lowest BCUT2D eigenvalue weighted by Gasteiger charge is -2.06. The Labute approximate surface area is 127 Å². The van der Waals surface area contributed by atoms with Crippen LogP contribution in [0.1, 0.15) is 6.42 Å². The van der Waals surface area contributed by atoms with E-state index in [0.29, 0.717) is 0 Å². The SMILES string of the molecule is N#CCCN/C=C(/C#N)C(=O)Nc1cccc(S(=O)(=O)O)c1. The third kappa shape index (κ3) is 5.25. The van der Waals surface area contributed by atoms with Crippen LogP contribution in [0, 0.1) is 22.7 Å². The highest BCUT2D eigenvalue weighted by Gasteiger charge is 2.13. The summed E-state index contributed by atoms with van der Waals surface area (Å²) in [5.41, 5.74) is -0.131. The van der Waals surface area contributed by atoms with Gasteiger partial charge in [0.1, 0.15) is 11.6 Å². The van der Waals surface area contributed by atoms with E-state index in [4.69, 9.17) is 15.1 Å². The van der Waals surface area contributed by atoms with Crippen LogP contribution < -0.4 is 10.6 Å². The van der Waals surface area contributed by atoms with E-state index in [1.165, 1.54) is 18.3 Å². The quantitative estimate of drug-likeness (QED) is 0.304. The summed E-state index contributed by atoms with van der Waals surface area (Å²) >= 11 is 0. The van der Waals surface area contributed by atoms with Gasteiger partial charge in [-0.25, -0.2) is 0 Å². The lowest BCUT2D eigenvalue weighted by Crippen LogP contribution is -2.17. The van der Waals surface area contributed by atoms with E-state index in [1.807, 2.05) is 6.07 Å². The van der Waals surface area contributed by atoms with Crippen LogP contribution >= 0.6 is 0 Å². The molecule has 3 N–H and O–H groups in total. The highest BCUT2D eigenvalue weighted by molar-refractivity contribution is 7.85. The molecule has 1 rings (SSSR count). The lowest BCUT2D eigenvalue weighted by molar-refractivity contribution is -0.112. The number of nitriles is 2. The minimum absolute atomic E-state index is 0.110. The van der Waals surface area contributed by atoms with Crippen molar-refractivity contribution in [1.82, 2.24) is 5.32 Å². The summed E-state index contributed by atoms with van der Waals surface area (Å²) in [5, 5.41) is 22.2. The first-order chi connectivity index (χ1) is 10.4. The summed E-state index contributed by atoms with van der Waals surface area (Å²) in [6.07, 6.45) is 1.38. The van der Waals surface area contributed by atoms with Crippen LogP contribution in [-0.4, -0.2) is 25.4 Å². The summed E-state index contributed by atoms with van der Waals surface area (Å²) in [7, 11) is -4.38. The molecule has 22 heavy (non-hydrogen) atoms. The molecule has 0 aliphatic rings. The Morgan fingerprint density at radius 1 is 1.36 bits per heavy atom. The van der Waals surface area contributed by atoms with Gasteiger partial charge >= 0.3 is 0 Å². The van der Waals surface area contributed by atoms with Crippen LogP contribution in [0.25, 0.3) is 0 Å². The van der Waals surface area contributed by atoms with Gasteiger partial charge in [0.2, 0.25) is 0 Å². The number of rotatable bonds is 6. The fourth-order valence-electron chi connectivity index (χ4n) is 1.38. The van der Waals surface area contributed by atoms with E-state index < -0.39 is 16.0 Å². The molecule has 0 atom stereocenters. The number of hydrogen-bond acceptors (Lipinski definition) is 6. The maximum absolute atomic E-state index is 11.8. The van der Waals surface area contributed by atoms with E-state index in [1.54, 1.807) is 6.07 Å². The Morgan fingerprint density at radius 2 is 2.09 bits per heavy atom. The van der Waals surface area contributed by atoms with Crippen LogP contribution in [0.3, 0.4) is 0 Å². The van der Waals surface area contributed by atoms with Crippen molar-refractivity contribution in [3.8, 4) is 12.1 Å². The maximum Gasteiger partial charge on any atom is 0.294 e. The van der Waals surface area contributed by atoms with Crippen LogP contribution in [0.4, 0.5) is 5.69 Å². The molecular formula is C13H12N4O4S. The number of carbonyl (C=O) groups excluding carboxylic acids is 1. The van der Waals surface area contributed by atoms with Crippen LogP contribution in [0.5, 0.6) is 0 Å². The zero-order valence-corrected chi connectivity index (χ0v) is 12.1. The molecule has 0 bridgehead atoms. The van der Waals surface area contributed by atoms with Gasteiger partial charge in [0, 0.05) is 18.4 Å². The Hall–Kier alpha value is -2.88. The van der Waals surface area contributed by atoms with E-state index in [-0.39, 0.29) is 29.1 Å². The van der Waals surface area contributed by atoms with Crippen molar-refractivity contribution in [3.63, 3.8) is 0 Å². The van der Waals surface area contributed by atoms with Crippen molar-refractivity contribution < 1.29 is 17.8 Å². The number of anilines is 1. The fraction of sp³-hybridized carbons (Fsp3) is 0.154. The molecule has 1 aromatic rings. The molecule has 0 fully saturated rings. The molecule has 0 saturated heterocycles. The average Bonchev–Trinajstić information content (AvgIpc) is 2.46. The van der Waals surface area contributed by atoms with Gasteiger partial charge < -0.3 is 10.6 Å². The maximum atomic E-state index is 11.8. The third-order valence-corrected chi connectivity index (χ3v) is 3.23. The molecule has 1 aromatic carbocycles. The highest BCUT2D eigenvalue weighted by atomic mass is 32.2. The van der Waals surface area contributed by atoms with Gasteiger partial charge in [-0.05, 0) is 18.2 Å². The largest absolute Gasteiger partial charge is 0.389 e. The molecule has 0 aliphatic heterocycles. The van der Waals surface area contributed by atoms with Gasteiger partial charge in [-0.3, -0.25) is 9.35 Å². The molecule has 0 heterocycles. The van der Waals surface area contributed by atoms with Crippen molar-refractivity contribution in [2.24, 2.45) is 0 Å². The van der Waals surface area contributed by atoms with E-state index in [2.05, 4.69) is 10.6 Å². The topological polar surface area (TPSA) is 143 Å². The first-order valence-corrected chi connectivity index (χ1v) is 7.42. The lowest BCUT2D eigenvalue weighted by atomic mass is 10.2. The Bertz CT molecular complexity index is 772. The normalized spacial score (nSPS) is 11.1. The zero-order valence-electron chi connectivity index (χ0n) is 11.3. The van der Waals surface area contributed by atoms with Gasteiger partial charge in [0.25, 0.3) is 16.0 Å². The Balaban J connectivity index is 2.84. The number of amides is 1. The molecule has 0 radical (unpaired) electrons. The first-order valence-electron chi connectivity index (χ1n) is 5.98. The second kappa shape index (κ2) is 7.78. The standard InChI is InChI=1S/C13H12N4O4S/c14-5-2-6-16-9-10(8-15)13(18)17-11-3-1-4-12(7-11)22(19,20)21/h1,3-4,7,9,16H,2,6H2,(H,17,18)(H,19,20,21)/b10-9-. The molecule has 9 heteroatoms. The Morgan fingerprint density at radius 3 is 2.68 bits per heavy atom. The molecule has 1 amide bonds. The summed E-state index contributed by atoms with van der Waals surface area (Å²) in [5.74, 6) is -0.751. The molecule has 0 aromatic heterocycles. The predicted octanol–water partition coefficient (Wildman–Crippen LogP) is 0.783. The van der Waals surface area contributed by atoms with Crippen molar-refractivity contribution >= 4 is 21.7 Å². The molecule has 0 spiro atoms. The fourth-order valence-corrected chi connectivity index (χ4v) is 1.91. The van der Waals surface area contributed by atoms with Gasteiger partial charge in [-0.1, -0.05) is 6.07 Å². The zero-order chi connectivity index (χ0) is 16.6. The number of nitrogens with one attached hydrogen (secondary N) is 2. The predicted molar refractivity (Wildman–Crippen MR) is 76.8 cm³/mol. The van der Waals surface area contributed by atoms with Gasteiger partial charge in [-0.15, -0.1) is 0 Å². The molecule has 0 unspecified atom stereocenters. The second-order valence-corrected chi connectivity index (χ2v) is 5.41. The summed E-state index contributed by atoms with van der Waals surface area (Å²) in [6, 6.07) is 8.54. The van der Waals surface area contributed by atoms with Crippen LogP contribution in [0.2, 0.25) is 0 Å². The number of hydrogen-bond donors (Lipinski definition) is 3. The summed E-state index contributed by atoms with van der Waals surface area (Å²) in [6.45, 7) is 0.285. The first kappa shape index (κ1) is 17.2. The van der Waals surface area contributed by atoms with Crippen molar-refractivity contribution in [1.29, 1.82) is 10.5 Å². The van der Waals surface area contributed by atoms with E-state index in [9.17, 15) is 13.2 Å². The van der Waals surface area contributed by atoms with Gasteiger partial charge in [-0.2, -0.15) is 18.9 Å². The van der Waals surface area contributed by atoms with E-state index in [0.717, 1.165) is 12.1 Å². The van der Waals surface area contributed by atoms with Crippen molar-refractivity contribution in [3.05, 3.63) is 36.0 Å². The Kier molecular flexibility index (Phi) is 6.08.